The Morgan fingerprint density at radius 3 is 2.88 bits per heavy atom. The number of nitrogens with one attached hydrogen (secondary N) is 1. The van der Waals surface area contributed by atoms with E-state index in [1.807, 2.05) is 6.07 Å². The van der Waals surface area contributed by atoms with Gasteiger partial charge in [-0.15, -0.1) is 0 Å². The van der Waals surface area contributed by atoms with Crippen LogP contribution in [0.5, 0.6) is 0 Å². The van der Waals surface area contributed by atoms with Crippen LogP contribution in [0.4, 0.5) is 4.39 Å². The van der Waals surface area contributed by atoms with E-state index < -0.39 is 0 Å². The molecule has 1 nitrogen and oxygen atoms in total. The van der Waals surface area contributed by atoms with E-state index in [0.717, 1.165) is 24.9 Å². The number of hydrogen-bond acceptors (Lipinski definition) is 1. The summed E-state index contributed by atoms with van der Waals surface area (Å²) in [4.78, 5) is 0. The Hall–Kier alpha value is -0.600. The normalized spacial score (nSPS) is 24.9. The molecule has 1 saturated heterocycles. The van der Waals surface area contributed by atoms with Gasteiger partial charge in [-0.05, 0) is 49.9 Å². The lowest BCUT2D eigenvalue weighted by atomic mass is 9.87. The minimum atomic E-state index is -0.338. The van der Waals surface area contributed by atoms with Gasteiger partial charge in [-0.1, -0.05) is 24.6 Å². The van der Waals surface area contributed by atoms with E-state index in [1.165, 1.54) is 18.9 Å². The smallest absolute Gasteiger partial charge is 0.141 e. The third-order valence-corrected chi connectivity index (χ3v) is 3.83. The Morgan fingerprint density at radius 1 is 1.50 bits per heavy atom. The van der Waals surface area contributed by atoms with E-state index in [4.69, 9.17) is 11.6 Å². The topological polar surface area (TPSA) is 12.0 Å². The number of benzene rings is 1. The van der Waals surface area contributed by atoms with Crippen molar-refractivity contribution in [2.45, 2.75) is 38.1 Å². The van der Waals surface area contributed by atoms with Crippen LogP contribution in [0, 0.1) is 5.82 Å². The van der Waals surface area contributed by atoms with Crippen LogP contribution < -0.4 is 5.32 Å². The summed E-state index contributed by atoms with van der Waals surface area (Å²) < 4.78 is 13.0. The first-order chi connectivity index (χ1) is 7.65. The fraction of sp³-hybridized carbons (Fsp3) is 0.538. The van der Waals surface area contributed by atoms with Crippen molar-refractivity contribution in [3.8, 4) is 0 Å². The lowest BCUT2D eigenvalue weighted by Gasteiger charge is -2.28. The molecule has 1 unspecified atom stereocenters. The highest BCUT2D eigenvalue weighted by Crippen LogP contribution is 2.28. The standard InChI is InChI=1S/C13H17ClFN/c1-2-13(6-3-7-16-13)9-10-4-5-12(15)11(14)8-10/h4-5,8,16H,2-3,6-7,9H2,1H3. The van der Waals surface area contributed by atoms with Crippen LogP contribution in [0.15, 0.2) is 18.2 Å². The Kier molecular flexibility index (Phi) is 3.50. The third-order valence-electron chi connectivity index (χ3n) is 3.54. The van der Waals surface area contributed by atoms with Gasteiger partial charge in [0.15, 0.2) is 0 Å². The molecule has 1 heterocycles. The molecule has 16 heavy (non-hydrogen) atoms. The summed E-state index contributed by atoms with van der Waals surface area (Å²) in [5.74, 6) is -0.338. The predicted molar refractivity (Wildman–Crippen MR) is 65.4 cm³/mol. The van der Waals surface area contributed by atoms with Gasteiger partial charge in [0, 0.05) is 5.54 Å². The van der Waals surface area contributed by atoms with Gasteiger partial charge in [0.25, 0.3) is 0 Å². The molecular formula is C13H17ClFN. The molecule has 88 valence electrons. The second-order valence-electron chi connectivity index (χ2n) is 4.59. The fourth-order valence-electron chi connectivity index (χ4n) is 2.49. The SMILES string of the molecule is CCC1(Cc2ccc(F)c(Cl)c2)CCCN1. The maximum atomic E-state index is 13.0. The molecule has 0 bridgehead atoms. The summed E-state index contributed by atoms with van der Waals surface area (Å²) in [6.45, 7) is 3.28. The number of rotatable bonds is 3. The summed E-state index contributed by atoms with van der Waals surface area (Å²) in [5, 5.41) is 3.79. The van der Waals surface area contributed by atoms with Crippen molar-refractivity contribution in [2.24, 2.45) is 0 Å². The van der Waals surface area contributed by atoms with Gasteiger partial charge in [-0.2, -0.15) is 0 Å². The van der Waals surface area contributed by atoms with Gasteiger partial charge >= 0.3 is 0 Å². The molecule has 1 N–H and O–H groups in total. The Bertz CT molecular complexity index is 372. The molecule has 1 aromatic carbocycles. The number of hydrogen-bond donors (Lipinski definition) is 1. The second-order valence-corrected chi connectivity index (χ2v) is 5.00. The molecule has 0 radical (unpaired) electrons. The summed E-state index contributed by atoms with van der Waals surface area (Å²) in [5.41, 5.74) is 1.31. The van der Waals surface area contributed by atoms with Gasteiger partial charge in [-0.25, -0.2) is 4.39 Å². The average molecular weight is 242 g/mol. The maximum Gasteiger partial charge on any atom is 0.141 e. The first-order valence-corrected chi connectivity index (χ1v) is 6.22. The molecule has 1 aliphatic heterocycles. The van der Waals surface area contributed by atoms with Gasteiger partial charge in [-0.3, -0.25) is 0 Å². The van der Waals surface area contributed by atoms with E-state index in [1.54, 1.807) is 6.07 Å². The fourth-order valence-corrected chi connectivity index (χ4v) is 2.69. The van der Waals surface area contributed by atoms with Crippen LogP contribution in [-0.2, 0) is 6.42 Å². The van der Waals surface area contributed by atoms with Gasteiger partial charge in [0.1, 0.15) is 5.82 Å². The summed E-state index contributed by atoms with van der Waals surface area (Å²) in [6.07, 6.45) is 4.45. The van der Waals surface area contributed by atoms with Crippen molar-refractivity contribution in [2.75, 3.05) is 6.54 Å². The van der Waals surface area contributed by atoms with Crippen molar-refractivity contribution in [1.29, 1.82) is 0 Å². The van der Waals surface area contributed by atoms with Crippen LogP contribution >= 0.6 is 11.6 Å². The Morgan fingerprint density at radius 2 is 2.31 bits per heavy atom. The molecule has 0 aromatic heterocycles. The molecule has 0 spiro atoms. The van der Waals surface area contributed by atoms with Crippen molar-refractivity contribution >= 4 is 11.6 Å². The molecule has 1 atom stereocenters. The molecular weight excluding hydrogens is 225 g/mol. The zero-order valence-corrected chi connectivity index (χ0v) is 10.3. The van der Waals surface area contributed by atoms with Crippen LogP contribution in [0.3, 0.4) is 0 Å². The minimum Gasteiger partial charge on any atom is -0.311 e. The molecule has 0 saturated carbocycles. The first-order valence-electron chi connectivity index (χ1n) is 5.84. The van der Waals surface area contributed by atoms with E-state index in [0.29, 0.717) is 0 Å². The highest BCUT2D eigenvalue weighted by Gasteiger charge is 2.31. The van der Waals surface area contributed by atoms with E-state index in [2.05, 4.69) is 12.2 Å². The molecule has 0 amide bonds. The Balaban J connectivity index is 2.16. The lowest BCUT2D eigenvalue weighted by Crippen LogP contribution is -2.41. The van der Waals surface area contributed by atoms with Crippen molar-refractivity contribution in [1.82, 2.24) is 5.32 Å². The predicted octanol–water partition coefficient (Wildman–Crippen LogP) is 3.55. The second kappa shape index (κ2) is 4.72. The summed E-state index contributed by atoms with van der Waals surface area (Å²) in [6, 6.07) is 5.03. The zero-order valence-electron chi connectivity index (χ0n) is 9.52. The average Bonchev–Trinajstić information content (AvgIpc) is 2.73. The van der Waals surface area contributed by atoms with E-state index >= 15 is 0 Å². The van der Waals surface area contributed by atoms with E-state index in [9.17, 15) is 4.39 Å². The maximum absolute atomic E-state index is 13.0. The van der Waals surface area contributed by atoms with Crippen LogP contribution in [0.2, 0.25) is 5.02 Å². The minimum absolute atomic E-state index is 0.196. The van der Waals surface area contributed by atoms with Crippen LogP contribution in [-0.4, -0.2) is 12.1 Å². The molecule has 1 aliphatic rings. The van der Waals surface area contributed by atoms with Crippen molar-refractivity contribution in [3.05, 3.63) is 34.6 Å². The van der Waals surface area contributed by atoms with Gasteiger partial charge in [0.05, 0.1) is 5.02 Å². The van der Waals surface area contributed by atoms with Gasteiger partial charge < -0.3 is 5.32 Å². The Labute approximate surface area is 101 Å². The van der Waals surface area contributed by atoms with Crippen LogP contribution in [0.25, 0.3) is 0 Å². The largest absolute Gasteiger partial charge is 0.311 e. The highest BCUT2D eigenvalue weighted by atomic mass is 35.5. The summed E-state index contributed by atoms with van der Waals surface area (Å²) in [7, 11) is 0. The molecule has 1 aromatic rings. The monoisotopic (exact) mass is 241 g/mol. The summed E-state index contributed by atoms with van der Waals surface area (Å²) >= 11 is 5.79. The quantitative estimate of drug-likeness (QED) is 0.854. The molecule has 0 aliphatic carbocycles. The van der Waals surface area contributed by atoms with Crippen molar-refractivity contribution in [3.63, 3.8) is 0 Å². The van der Waals surface area contributed by atoms with Crippen molar-refractivity contribution < 1.29 is 4.39 Å². The lowest BCUT2D eigenvalue weighted by molar-refractivity contribution is 0.360. The molecule has 2 rings (SSSR count). The molecule has 3 heteroatoms. The third kappa shape index (κ3) is 2.38. The van der Waals surface area contributed by atoms with Crippen LogP contribution in [0.1, 0.15) is 31.7 Å². The first kappa shape index (κ1) is 11.9. The number of halogens is 2. The van der Waals surface area contributed by atoms with Gasteiger partial charge in [0.2, 0.25) is 0 Å². The van der Waals surface area contributed by atoms with E-state index in [-0.39, 0.29) is 16.4 Å². The highest BCUT2D eigenvalue weighted by molar-refractivity contribution is 6.30. The zero-order chi connectivity index (χ0) is 11.6. The molecule has 1 fully saturated rings.